The van der Waals surface area contributed by atoms with Gasteiger partial charge in [0.2, 0.25) is 5.16 Å². The van der Waals surface area contributed by atoms with Crippen molar-refractivity contribution in [3.63, 3.8) is 0 Å². The van der Waals surface area contributed by atoms with Gasteiger partial charge in [0.1, 0.15) is 16.4 Å². The Bertz CT molecular complexity index is 1090. The number of fused-ring (bicyclic) bond motifs is 1. The van der Waals surface area contributed by atoms with E-state index in [-0.39, 0.29) is 5.56 Å². The number of nitrogens with zero attached hydrogens (tertiary/aromatic N) is 5. The third-order valence-corrected chi connectivity index (χ3v) is 5.79. The van der Waals surface area contributed by atoms with Crippen molar-refractivity contribution in [1.82, 2.24) is 30.2 Å². The number of aromatic nitrogens is 6. The summed E-state index contributed by atoms with van der Waals surface area (Å²) in [6, 6.07) is 4.05. The molecule has 4 heterocycles. The highest BCUT2D eigenvalue weighted by atomic mass is 32.2. The standard InChI is InChI=1S/C15H12N6O2S2/c22-13-12-9(10-2-1-5-23-10)6-24-14(12)17-11(16-13)7-25-15-18-19-20-21(15)8-3-4-8/h1-2,5-6,8H,3-4,7H2,(H,16,17,22). The van der Waals surface area contributed by atoms with Crippen LogP contribution in [0.1, 0.15) is 24.7 Å². The number of thioether (sulfide) groups is 1. The predicted molar refractivity (Wildman–Crippen MR) is 93.6 cm³/mol. The number of nitrogens with one attached hydrogen (secondary N) is 1. The number of furan rings is 1. The van der Waals surface area contributed by atoms with Crippen molar-refractivity contribution in [2.75, 3.05) is 0 Å². The predicted octanol–water partition coefficient (Wildman–Crippen LogP) is 2.86. The molecule has 25 heavy (non-hydrogen) atoms. The van der Waals surface area contributed by atoms with E-state index in [1.807, 2.05) is 16.1 Å². The number of H-pyrrole nitrogens is 1. The second-order valence-electron chi connectivity index (χ2n) is 5.75. The minimum absolute atomic E-state index is 0.157. The highest BCUT2D eigenvalue weighted by Crippen LogP contribution is 2.37. The van der Waals surface area contributed by atoms with Crippen molar-refractivity contribution in [3.8, 4) is 11.3 Å². The van der Waals surface area contributed by atoms with Crippen LogP contribution in [0.15, 0.2) is 38.1 Å². The first-order valence-electron chi connectivity index (χ1n) is 7.74. The second-order valence-corrected chi connectivity index (χ2v) is 7.55. The molecule has 4 aromatic rings. The monoisotopic (exact) mass is 372 g/mol. The molecule has 1 N–H and O–H groups in total. The van der Waals surface area contributed by atoms with Crippen LogP contribution in [-0.2, 0) is 5.75 Å². The summed E-state index contributed by atoms with van der Waals surface area (Å²) in [7, 11) is 0. The van der Waals surface area contributed by atoms with Crippen LogP contribution >= 0.6 is 23.1 Å². The molecule has 10 heteroatoms. The molecule has 0 spiro atoms. The Hall–Kier alpha value is -2.46. The Morgan fingerprint density at radius 3 is 3.16 bits per heavy atom. The smallest absolute Gasteiger partial charge is 0.260 e. The summed E-state index contributed by atoms with van der Waals surface area (Å²) in [4.78, 5) is 20.7. The molecule has 1 aliphatic rings. The highest BCUT2D eigenvalue weighted by Gasteiger charge is 2.28. The van der Waals surface area contributed by atoms with Gasteiger partial charge in [-0.25, -0.2) is 9.67 Å². The number of hydrogen-bond acceptors (Lipinski definition) is 8. The molecule has 0 bridgehead atoms. The van der Waals surface area contributed by atoms with Crippen molar-refractivity contribution in [2.45, 2.75) is 29.8 Å². The van der Waals surface area contributed by atoms with Gasteiger partial charge >= 0.3 is 0 Å². The molecule has 126 valence electrons. The molecule has 0 radical (unpaired) electrons. The minimum Gasteiger partial charge on any atom is -0.464 e. The van der Waals surface area contributed by atoms with E-state index in [1.165, 1.54) is 23.1 Å². The zero-order valence-corrected chi connectivity index (χ0v) is 14.5. The molecule has 5 rings (SSSR count). The lowest BCUT2D eigenvalue weighted by Crippen LogP contribution is -2.11. The summed E-state index contributed by atoms with van der Waals surface area (Å²) >= 11 is 2.91. The Morgan fingerprint density at radius 1 is 1.44 bits per heavy atom. The summed E-state index contributed by atoms with van der Waals surface area (Å²) in [5.41, 5.74) is 0.616. The van der Waals surface area contributed by atoms with Gasteiger partial charge in [0, 0.05) is 10.9 Å². The summed E-state index contributed by atoms with van der Waals surface area (Å²) in [6.07, 6.45) is 3.82. The number of aromatic amines is 1. The zero-order chi connectivity index (χ0) is 16.8. The first kappa shape index (κ1) is 14.8. The highest BCUT2D eigenvalue weighted by molar-refractivity contribution is 7.98. The van der Waals surface area contributed by atoms with Crippen molar-refractivity contribution >= 4 is 33.3 Å². The number of rotatable bonds is 5. The largest absolute Gasteiger partial charge is 0.464 e. The van der Waals surface area contributed by atoms with Crippen LogP contribution in [0.5, 0.6) is 0 Å². The number of hydrogen-bond donors (Lipinski definition) is 1. The van der Waals surface area contributed by atoms with Crippen molar-refractivity contribution in [3.05, 3.63) is 40.0 Å². The zero-order valence-electron chi connectivity index (χ0n) is 12.9. The van der Waals surface area contributed by atoms with Gasteiger partial charge in [-0.05, 0) is 35.4 Å². The Labute approximate surface area is 149 Å². The van der Waals surface area contributed by atoms with E-state index < -0.39 is 0 Å². The van der Waals surface area contributed by atoms with Gasteiger partial charge in [-0.1, -0.05) is 11.8 Å². The summed E-state index contributed by atoms with van der Waals surface area (Å²) in [5, 5.41) is 15.0. The van der Waals surface area contributed by atoms with E-state index in [4.69, 9.17) is 4.42 Å². The lowest BCUT2D eigenvalue weighted by atomic mass is 10.2. The Balaban J connectivity index is 1.45. The van der Waals surface area contributed by atoms with Crippen LogP contribution < -0.4 is 5.56 Å². The Morgan fingerprint density at radius 2 is 2.36 bits per heavy atom. The molecule has 0 saturated heterocycles. The van der Waals surface area contributed by atoms with E-state index in [0.29, 0.717) is 33.6 Å². The van der Waals surface area contributed by atoms with E-state index in [2.05, 4.69) is 25.5 Å². The fourth-order valence-corrected chi connectivity index (χ4v) is 4.40. The molecule has 0 amide bonds. The maximum Gasteiger partial charge on any atom is 0.260 e. The normalized spacial score (nSPS) is 14.4. The van der Waals surface area contributed by atoms with E-state index in [9.17, 15) is 4.79 Å². The lowest BCUT2D eigenvalue weighted by Gasteiger charge is -2.02. The molecule has 0 aromatic carbocycles. The third-order valence-electron chi connectivity index (χ3n) is 3.97. The van der Waals surface area contributed by atoms with E-state index in [0.717, 1.165) is 23.6 Å². The summed E-state index contributed by atoms with van der Waals surface area (Å²) < 4.78 is 7.25. The first-order valence-corrected chi connectivity index (χ1v) is 9.61. The molecule has 0 aliphatic heterocycles. The van der Waals surface area contributed by atoms with Crippen molar-refractivity contribution in [2.24, 2.45) is 0 Å². The maximum absolute atomic E-state index is 12.5. The molecular weight excluding hydrogens is 360 g/mol. The van der Waals surface area contributed by atoms with E-state index >= 15 is 0 Å². The SMILES string of the molecule is O=c1[nH]c(CSc2nnnn2C2CC2)nc2scc(-c3ccco3)c12. The van der Waals surface area contributed by atoms with Gasteiger partial charge in [-0.2, -0.15) is 0 Å². The van der Waals surface area contributed by atoms with Crippen LogP contribution in [0.2, 0.25) is 0 Å². The topological polar surface area (TPSA) is 102 Å². The van der Waals surface area contributed by atoms with Crippen LogP contribution in [0.25, 0.3) is 21.5 Å². The number of thiophene rings is 1. The molecule has 0 atom stereocenters. The van der Waals surface area contributed by atoms with Crippen molar-refractivity contribution < 1.29 is 4.42 Å². The van der Waals surface area contributed by atoms with Crippen LogP contribution in [0, 0.1) is 0 Å². The third kappa shape index (κ3) is 2.67. The first-order chi connectivity index (χ1) is 12.3. The van der Waals surface area contributed by atoms with Gasteiger partial charge in [0.05, 0.1) is 23.4 Å². The van der Waals surface area contributed by atoms with Gasteiger partial charge in [-0.3, -0.25) is 4.79 Å². The lowest BCUT2D eigenvalue weighted by molar-refractivity contribution is 0.565. The molecule has 1 fully saturated rings. The van der Waals surface area contributed by atoms with Crippen LogP contribution in [-0.4, -0.2) is 30.2 Å². The fraction of sp³-hybridized carbons (Fsp3) is 0.267. The average molecular weight is 372 g/mol. The number of tetrazole rings is 1. The van der Waals surface area contributed by atoms with Gasteiger partial charge < -0.3 is 9.40 Å². The minimum atomic E-state index is -0.157. The molecule has 1 saturated carbocycles. The second kappa shape index (κ2) is 5.81. The molecule has 1 aliphatic carbocycles. The molecule has 4 aromatic heterocycles. The van der Waals surface area contributed by atoms with Crippen LogP contribution in [0.3, 0.4) is 0 Å². The van der Waals surface area contributed by atoms with Crippen LogP contribution in [0.4, 0.5) is 0 Å². The van der Waals surface area contributed by atoms with Gasteiger partial charge in [0.25, 0.3) is 5.56 Å². The van der Waals surface area contributed by atoms with Gasteiger partial charge in [-0.15, -0.1) is 16.4 Å². The van der Waals surface area contributed by atoms with Gasteiger partial charge in [0.15, 0.2) is 0 Å². The average Bonchev–Trinajstić information content (AvgIpc) is 3.05. The summed E-state index contributed by atoms with van der Waals surface area (Å²) in [5.74, 6) is 1.79. The fourth-order valence-electron chi connectivity index (χ4n) is 2.64. The molecule has 8 nitrogen and oxygen atoms in total. The maximum atomic E-state index is 12.5. The molecular formula is C15H12N6O2S2. The quantitative estimate of drug-likeness (QED) is 0.537. The van der Waals surface area contributed by atoms with Crippen molar-refractivity contribution in [1.29, 1.82) is 0 Å². The Kier molecular flexibility index (Phi) is 3.45. The van der Waals surface area contributed by atoms with E-state index in [1.54, 1.807) is 12.3 Å². The molecule has 0 unspecified atom stereocenters. The summed E-state index contributed by atoms with van der Waals surface area (Å²) in [6.45, 7) is 0.